The monoisotopic (exact) mass is 425 g/mol. The summed E-state index contributed by atoms with van der Waals surface area (Å²) in [6.45, 7) is 1.69. The number of halogens is 2. The van der Waals surface area contributed by atoms with Crippen LogP contribution in [0.5, 0.6) is 0 Å². The van der Waals surface area contributed by atoms with Crippen molar-refractivity contribution in [1.82, 2.24) is 19.7 Å². The lowest BCUT2D eigenvalue weighted by Gasteiger charge is -2.16. The Balaban J connectivity index is 1.42. The minimum absolute atomic E-state index is 0.0704. The van der Waals surface area contributed by atoms with Crippen LogP contribution in [0.3, 0.4) is 0 Å². The largest absolute Gasteiger partial charge is 0.377 e. The summed E-state index contributed by atoms with van der Waals surface area (Å²) in [5, 5.41) is 7.87. The van der Waals surface area contributed by atoms with Gasteiger partial charge in [-0.05, 0) is 48.2 Å². The van der Waals surface area contributed by atoms with E-state index in [1.807, 2.05) is 12.1 Å². The van der Waals surface area contributed by atoms with Crippen LogP contribution in [0.4, 0.5) is 19.3 Å². The summed E-state index contributed by atoms with van der Waals surface area (Å²) in [7, 11) is 0. The highest BCUT2D eigenvalue weighted by Gasteiger charge is 2.26. The van der Waals surface area contributed by atoms with E-state index >= 15 is 0 Å². The summed E-state index contributed by atoms with van der Waals surface area (Å²) in [4.78, 5) is 18.2. The van der Waals surface area contributed by atoms with E-state index < -0.39 is 18.0 Å². The van der Waals surface area contributed by atoms with E-state index in [2.05, 4.69) is 15.4 Å². The number of ether oxygens (including phenoxy) is 1. The second-order valence-corrected chi connectivity index (χ2v) is 7.69. The molecule has 1 atom stereocenters. The van der Waals surface area contributed by atoms with Crippen molar-refractivity contribution in [2.45, 2.75) is 19.0 Å². The number of aromatic nitrogens is 3. The zero-order valence-electron chi connectivity index (χ0n) is 16.7. The number of likely N-dealkylation sites (tertiary alicyclic amines) is 1. The molecule has 2 aliphatic heterocycles. The zero-order chi connectivity index (χ0) is 21.4. The minimum atomic E-state index is -1.000. The number of anilines is 1. The first-order chi connectivity index (χ1) is 15.1. The van der Waals surface area contributed by atoms with Crippen LogP contribution in [-0.4, -0.2) is 58.2 Å². The summed E-state index contributed by atoms with van der Waals surface area (Å²) >= 11 is 0. The number of carbonyl (C=O) groups excluding carboxylic acids is 1. The lowest BCUT2D eigenvalue weighted by Crippen LogP contribution is -2.33. The summed E-state index contributed by atoms with van der Waals surface area (Å²) < 4.78 is 34.7. The van der Waals surface area contributed by atoms with Gasteiger partial charge in [-0.3, -0.25) is 0 Å². The Kier molecular flexibility index (Phi) is 5.11. The molecule has 1 saturated heterocycles. The first kappa shape index (κ1) is 19.6. The van der Waals surface area contributed by atoms with E-state index in [-0.39, 0.29) is 12.2 Å². The fourth-order valence-electron chi connectivity index (χ4n) is 3.87. The smallest absolute Gasteiger partial charge is 0.321 e. The number of fused-ring (bicyclic) bond motifs is 1. The number of rotatable bonds is 3. The van der Waals surface area contributed by atoms with Gasteiger partial charge in [0.15, 0.2) is 5.65 Å². The number of nitrogens with one attached hydrogen (secondary N) is 1. The van der Waals surface area contributed by atoms with E-state index in [9.17, 15) is 13.6 Å². The predicted molar refractivity (Wildman–Crippen MR) is 112 cm³/mol. The van der Waals surface area contributed by atoms with E-state index in [1.54, 1.807) is 12.4 Å². The van der Waals surface area contributed by atoms with Gasteiger partial charge in [0.05, 0.1) is 19.8 Å². The summed E-state index contributed by atoms with van der Waals surface area (Å²) in [5.74, 6) is -0.483. The Labute approximate surface area is 177 Å². The average Bonchev–Trinajstić information content (AvgIpc) is 3.41. The van der Waals surface area contributed by atoms with Crippen LogP contribution in [0, 0.1) is 5.82 Å². The van der Waals surface area contributed by atoms with Gasteiger partial charge < -0.3 is 15.0 Å². The maximum atomic E-state index is 14.6. The number of hydrogen-bond donors (Lipinski definition) is 1. The summed E-state index contributed by atoms with van der Waals surface area (Å²) in [6, 6.07) is 5.82. The first-order valence-electron chi connectivity index (χ1n) is 10.2. The van der Waals surface area contributed by atoms with Crippen molar-refractivity contribution in [2.24, 2.45) is 0 Å². The van der Waals surface area contributed by atoms with Gasteiger partial charge in [0.2, 0.25) is 0 Å². The van der Waals surface area contributed by atoms with Gasteiger partial charge in [0.25, 0.3) is 0 Å². The molecule has 1 N–H and O–H groups in total. The van der Waals surface area contributed by atoms with E-state index in [0.717, 1.165) is 17.4 Å². The van der Waals surface area contributed by atoms with E-state index in [4.69, 9.17) is 4.74 Å². The Bertz CT molecular complexity index is 1180. The molecule has 2 aromatic heterocycles. The molecule has 2 amide bonds. The number of hydrogen-bond acceptors (Lipinski definition) is 4. The maximum Gasteiger partial charge on any atom is 0.321 e. The number of benzene rings is 1. The number of amides is 2. The minimum Gasteiger partial charge on any atom is -0.377 e. The van der Waals surface area contributed by atoms with E-state index in [0.29, 0.717) is 37.5 Å². The molecule has 1 aromatic carbocycles. The second kappa shape index (κ2) is 8.07. The van der Waals surface area contributed by atoms with Crippen LogP contribution in [0.15, 0.2) is 42.7 Å². The molecule has 9 heteroatoms. The lowest BCUT2D eigenvalue weighted by atomic mass is 10.0. The van der Waals surface area contributed by atoms with Gasteiger partial charge in [-0.25, -0.2) is 23.2 Å². The Morgan fingerprint density at radius 3 is 2.97 bits per heavy atom. The fourth-order valence-corrected chi connectivity index (χ4v) is 3.87. The van der Waals surface area contributed by atoms with Gasteiger partial charge in [-0.1, -0.05) is 6.08 Å². The van der Waals surface area contributed by atoms with Gasteiger partial charge in [0, 0.05) is 30.0 Å². The molecule has 0 unspecified atom stereocenters. The molecule has 1 fully saturated rings. The van der Waals surface area contributed by atoms with Crippen molar-refractivity contribution in [1.29, 1.82) is 0 Å². The normalized spacial score (nSPS) is 19.0. The summed E-state index contributed by atoms with van der Waals surface area (Å²) in [6.07, 6.45) is 5.66. The fraction of sp³-hybridized carbons (Fsp3) is 0.318. The van der Waals surface area contributed by atoms with Gasteiger partial charge in [-0.2, -0.15) is 0 Å². The third-order valence-electron chi connectivity index (χ3n) is 5.56. The first-order valence-corrected chi connectivity index (χ1v) is 10.2. The van der Waals surface area contributed by atoms with Gasteiger partial charge >= 0.3 is 6.03 Å². The molecule has 5 rings (SSSR count). The van der Waals surface area contributed by atoms with Gasteiger partial charge in [0.1, 0.15) is 17.7 Å². The molecule has 7 nitrogen and oxygen atoms in total. The predicted octanol–water partition coefficient (Wildman–Crippen LogP) is 3.94. The van der Waals surface area contributed by atoms with Crippen LogP contribution in [0.2, 0.25) is 0 Å². The van der Waals surface area contributed by atoms with Crippen molar-refractivity contribution >= 4 is 28.3 Å². The van der Waals surface area contributed by atoms with Crippen LogP contribution in [-0.2, 0) is 4.74 Å². The third-order valence-corrected chi connectivity index (χ3v) is 5.56. The zero-order valence-corrected chi connectivity index (χ0v) is 16.7. The summed E-state index contributed by atoms with van der Waals surface area (Å²) in [5.41, 5.74) is 3.25. The van der Waals surface area contributed by atoms with Crippen molar-refractivity contribution < 1.29 is 18.3 Å². The molecule has 4 heterocycles. The highest BCUT2D eigenvalue weighted by atomic mass is 19.1. The number of urea groups is 1. The molecular weight excluding hydrogens is 404 g/mol. The molecule has 2 aliphatic rings. The number of nitrogens with zero attached hydrogens (tertiary/aromatic N) is 4. The topological polar surface area (TPSA) is 72.3 Å². The van der Waals surface area contributed by atoms with Crippen molar-refractivity contribution in [3.05, 3.63) is 54.1 Å². The molecule has 0 radical (unpaired) electrons. The molecule has 160 valence electrons. The third kappa shape index (κ3) is 4.00. The molecule has 0 bridgehead atoms. The van der Waals surface area contributed by atoms with Crippen LogP contribution in [0.1, 0.15) is 18.4 Å². The van der Waals surface area contributed by atoms with Crippen molar-refractivity contribution in [3.63, 3.8) is 0 Å². The highest BCUT2D eigenvalue weighted by molar-refractivity contribution is 5.90. The standard InChI is InChI=1S/C22H21F2N5O2/c23-17-3-6-28(13-17)22(30)26-18-1-2-19(24)20(10-18)29-12-16-9-15(11-25-21(16)27-29)14-4-7-31-8-5-14/h1-2,4,9-12,17H,3,5-8,13H2,(H,26,30)/t17-/m1/s1. The van der Waals surface area contributed by atoms with Crippen LogP contribution < -0.4 is 5.32 Å². The second-order valence-electron chi connectivity index (χ2n) is 7.69. The van der Waals surface area contributed by atoms with Crippen LogP contribution in [0.25, 0.3) is 22.3 Å². The Morgan fingerprint density at radius 1 is 1.29 bits per heavy atom. The average molecular weight is 425 g/mol. The maximum absolute atomic E-state index is 14.6. The molecule has 31 heavy (non-hydrogen) atoms. The quantitative estimate of drug-likeness (QED) is 0.690. The molecule has 0 saturated carbocycles. The number of alkyl halides is 1. The van der Waals surface area contributed by atoms with E-state index in [1.165, 1.54) is 33.4 Å². The molecule has 3 aromatic rings. The van der Waals surface area contributed by atoms with Crippen LogP contribution >= 0.6 is 0 Å². The molecular formula is C22H21F2N5O2. The Hall–Kier alpha value is -3.33. The lowest BCUT2D eigenvalue weighted by molar-refractivity contribution is 0.161. The SMILES string of the molecule is O=C(Nc1ccc(F)c(-n2cc3cc(C4=CCOCC4)cnc3n2)c1)N1CC[C@@H](F)C1. The molecule has 0 spiro atoms. The molecule has 0 aliphatic carbocycles. The number of carbonyl (C=O) groups is 1. The Morgan fingerprint density at radius 2 is 2.19 bits per heavy atom. The highest BCUT2D eigenvalue weighted by Crippen LogP contribution is 2.25. The van der Waals surface area contributed by atoms with Crippen molar-refractivity contribution in [2.75, 3.05) is 31.6 Å². The van der Waals surface area contributed by atoms with Gasteiger partial charge in [-0.15, -0.1) is 5.10 Å². The number of pyridine rings is 1. The van der Waals surface area contributed by atoms with Crippen molar-refractivity contribution in [3.8, 4) is 5.69 Å².